The van der Waals surface area contributed by atoms with Crippen LogP contribution >= 0.6 is 0 Å². The van der Waals surface area contributed by atoms with Crippen molar-refractivity contribution in [2.75, 3.05) is 33.7 Å². The third kappa shape index (κ3) is 7.24. The van der Waals surface area contributed by atoms with Gasteiger partial charge >= 0.3 is 0 Å². The second-order valence-corrected chi connectivity index (χ2v) is 4.41. The molecule has 16 heavy (non-hydrogen) atoms. The van der Waals surface area contributed by atoms with E-state index in [1.807, 2.05) is 27.7 Å². The van der Waals surface area contributed by atoms with Gasteiger partial charge in [-0.15, -0.1) is 0 Å². The highest BCUT2D eigenvalue weighted by atomic mass is 15.1. The summed E-state index contributed by atoms with van der Waals surface area (Å²) in [7, 11) is 4.35. The van der Waals surface area contributed by atoms with Gasteiger partial charge in [0.15, 0.2) is 0 Å². The largest absolute Gasteiger partial charge is 0.316 e. The van der Waals surface area contributed by atoms with Crippen molar-refractivity contribution in [2.24, 2.45) is 5.41 Å². The fourth-order valence-electron chi connectivity index (χ4n) is 2.42. The maximum atomic E-state index is 3.48. The van der Waals surface area contributed by atoms with E-state index in [-0.39, 0.29) is 0 Å². The number of hydrogen-bond donors (Lipinski definition) is 1. The summed E-state index contributed by atoms with van der Waals surface area (Å²) in [5.41, 5.74) is 0.582. The van der Waals surface area contributed by atoms with E-state index in [0.29, 0.717) is 5.41 Å². The van der Waals surface area contributed by atoms with Crippen LogP contribution in [0.4, 0.5) is 0 Å². The summed E-state index contributed by atoms with van der Waals surface area (Å²) < 4.78 is 0. The molecule has 1 N–H and O–H groups in total. The predicted molar refractivity (Wildman–Crippen MR) is 76.1 cm³/mol. The van der Waals surface area contributed by atoms with Gasteiger partial charge in [0.1, 0.15) is 0 Å². The standard InChI is InChI=1S/C10H22N2.2C2H6/c1-4-5-10(9-12(2)3)6-7-11-8-10;2*1-2/h11H,4-9H2,1-3H3;2*1-2H3. The van der Waals surface area contributed by atoms with Crippen molar-refractivity contribution >= 4 is 0 Å². The molecule has 1 fully saturated rings. The topological polar surface area (TPSA) is 15.3 Å². The zero-order chi connectivity index (χ0) is 13.0. The van der Waals surface area contributed by atoms with Crippen molar-refractivity contribution in [3.8, 4) is 0 Å². The van der Waals surface area contributed by atoms with Gasteiger partial charge in [-0.2, -0.15) is 0 Å². The summed E-state index contributed by atoms with van der Waals surface area (Å²) in [6.45, 7) is 14.0. The molecule has 2 nitrogen and oxygen atoms in total. The smallest absolute Gasteiger partial charge is 0.00445 e. The zero-order valence-electron chi connectivity index (χ0n) is 12.7. The van der Waals surface area contributed by atoms with Crippen molar-refractivity contribution < 1.29 is 0 Å². The van der Waals surface area contributed by atoms with E-state index >= 15 is 0 Å². The zero-order valence-corrected chi connectivity index (χ0v) is 12.7. The van der Waals surface area contributed by atoms with Crippen LogP contribution in [0, 0.1) is 5.41 Å². The number of rotatable bonds is 4. The van der Waals surface area contributed by atoms with Gasteiger partial charge in [0.05, 0.1) is 0 Å². The average molecular weight is 230 g/mol. The van der Waals surface area contributed by atoms with E-state index in [4.69, 9.17) is 0 Å². The SMILES string of the molecule is CC.CC.CCCC1(CN(C)C)CCNC1. The Bertz CT molecular complexity index is 127. The molecular formula is C14H34N2. The molecule has 0 amide bonds. The molecule has 0 bridgehead atoms. The molecular weight excluding hydrogens is 196 g/mol. The predicted octanol–water partition coefficient (Wildman–Crippen LogP) is 3.38. The minimum atomic E-state index is 0.582. The molecule has 0 aromatic carbocycles. The molecule has 1 aliphatic heterocycles. The van der Waals surface area contributed by atoms with Gasteiger partial charge in [-0.05, 0) is 38.9 Å². The molecule has 0 aliphatic carbocycles. The quantitative estimate of drug-likeness (QED) is 0.796. The highest BCUT2D eigenvalue weighted by Crippen LogP contribution is 2.31. The first-order valence-corrected chi connectivity index (χ1v) is 7.04. The third-order valence-corrected chi connectivity index (χ3v) is 2.76. The Morgan fingerprint density at radius 1 is 1.12 bits per heavy atom. The number of nitrogens with zero attached hydrogens (tertiary/aromatic N) is 1. The van der Waals surface area contributed by atoms with Crippen molar-refractivity contribution in [1.29, 1.82) is 0 Å². The lowest BCUT2D eigenvalue weighted by Gasteiger charge is -2.31. The molecule has 0 saturated carbocycles. The molecule has 1 atom stereocenters. The molecule has 1 rings (SSSR count). The van der Waals surface area contributed by atoms with Crippen molar-refractivity contribution in [1.82, 2.24) is 10.2 Å². The molecule has 1 unspecified atom stereocenters. The Morgan fingerprint density at radius 3 is 2.00 bits per heavy atom. The van der Waals surface area contributed by atoms with E-state index in [1.165, 1.54) is 38.9 Å². The molecule has 0 radical (unpaired) electrons. The monoisotopic (exact) mass is 230 g/mol. The van der Waals surface area contributed by atoms with Crippen LogP contribution in [0.5, 0.6) is 0 Å². The van der Waals surface area contributed by atoms with Crippen LogP contribution in [0.3, 0.4) is 0 Å². The summed E-state index contributed by atoms with van der Waals surface area (Å²) in [4.78, 5) is 2.32. The van der Waals surface area contributed by atoms with Crippen molar-refractivity contribution in [3.05, 3.63) is 0 Å². The van der Waals surface area contributed by atoms with E-state index in [1.54, 1.807) is 0 Å². The average Bonchev–Trinajstić information content (AvgIpc) is 2.72. The first-order valence-electron chi connectivity index (χ1n) is 7.04. The molecule has 0 aromatic rings. The summed E-state index contributed by atoms with van der Waals surface area (Å²) in [5.74, 6) is 0. The van der Waals surface area contributed by atoms with Crippen LogP contribution in [0.1, 0.15) is 53.9 Å². The normalized spacial score (nSPS) is 23.2. The van der Waals surface area contributed by atoms with Crippen LogP contribution < -0.4 is 5.32 Å². The maximum absolute atomic E-state index is 3.48. The molecule has 1 heterocycles. The van der Waals surface area contributed by atoms with Gasteiger partial charge in [-0.3, -0.25) is 0 Å². The Kier molecular flexibility index (Phi) is 13.0. The summed E-state index contributed by atoms with van der Waals surface area (Å²) in [6.07, 6.45) is 4.05. The maximum Gasteiger partial charge on any atom is 0.00445 e. The minimum Gasteiger partial charge on any atom is -0.316 e. The molecule has 2 heteroatoms. The first kappa shape index (κ1) is 18.3. The second kappa shape index (κ2) is 11.4. The Labute approximate surface area is 104 Å². The lowest BCUT2D eigenvalue weighted by atomic mass is 9.82. The van der Waals surface area contributed by atoms with Gasteiger partial charge in [0.25, 0.3) is 0 Å². The second-order valence-electron chi connectivity index (χ2n) is 4.41. The van der Waals surface area contributed by atoms with Gasteiger partial charge in [0.2, 0.25) is 0 Å². The summed E-state index contributed by atoms with van der Waals surface area (Å²) >= 11 is 0. The summed E-state index contributed by atoms with van der Waals surface area (Å²) in [5, 5.41) is 3.48. The lowest BCUT2D eigenvalue weighted by molar-refractivity contribution is 0.201. The molecule has 0 spiro atoms. The Balaban J connectivity index is 0. The van der Waals surface area contributed by atoms with Crippen molar-refractivity contribution in [2.45, 2.75) is 53.9 Å². The van der Waals surface area contributed by atoms with Crippen LogP contribution in [0.25, 0.3) is 0 Å². The van der Waals surface area contributed by atoms with Gasteiger partial charge in [0, 0.05) is 13.1 Å². The molecule has 1 aliphatic rings. The van der Waals surface area contributed by atoms with E-state index in [0.717, 1.165) is 0 Å². The Hall–Kier alpha value is -0.0800. The van der Waals surface area contributed by atoms with Crippen LogP contribution in [-0.2, 0) is 0 Å². The fourth-order valence-corrected chi connectivity index (χ4v) is 2.42. The molecule has 1 saturated heterocycles. The van der Waals surface area contributed by atoms with Crippen LogP contribution in [0.15, 0.2) is 0 Å². The highest BCUT2D eigenvalue weighted by Gasteiger charge is 2.32. The van der Waals surface area contributed by atoms with E-state index in [2.05, 4.69) is 31.2 Å². The van der Waals surface area contributed by atoms with E-state index in [9.17, 15) is 0 Å². The van der Waals surface area contributed by atoms with Gasteiger partial charge in [-0.1, -0.05) is 41.0 Å². The number of nitrogens with one attached hydrogen (secondary N) is 1. The van der Waals surface area contributed by atoms with Gasteiger partial charge in [-0.25, -0.2) is 0 Å². The summed E-state index contributed by atoms with van der Waals surface area (Å²) in [6, 6.07) is 0. The Morgan fingerprint density at radius 2 is 1.69 bits per heavy atom. The van der Waals surface area contributed by atoms with Gasteiger partial charge < -0.3 is 10.2 Å². The lowest BCUT2D eigenvalue weighted by Crippen LogP contribution is -2.35. The van der Waals surface area contributed by atoms with Crippen LogP contribution in [0.2, 0.25) is 0 Å². The first-order chi connectivity index (χ1) is 7.68. The van der Waals surface area contributed by atoms with Crippen molar-refractivity contribution in [3.63, 3.8) is 0 Å². The molecule has 100 valence electrons. The highest BCUT2D eigenvalue weighted by molar-refractivity contribution is 4.89. The third-order valence-electron chi connectivity index (χ3n) is 2.76. The minimum absolute atomic E-state index is 0.582. The van der Waals surface area contributed by atoms with E-state index < -0.39 is 0 Å². The number of hydrogen-bond acceptors (Lipinski definition) is 2. The van der Waals surface area contributed by atoms with Crippen LogP contribution in [-0.4, -0.2) is 38.6 Å². The molecule has 0 aromatic heterocycles. The fraction of sp³-hybridized carbons (Fsp3) is 1.00.